The zero-order valence-corrected chi connectivity index (χ0v) is 14.7. The zero-order valence-electron chi connectivity index (χ0n) is 14.7. The van der Waals surface area contributed by atoms with E-state index in [4.69, 9.17) is 4.74 Å². The van der Waals surface area contributed by atoms with E-state index < -0.39 is 0 Å². The summed E-state index contributed by atoms with van der Waals surface area (Å²) in [6.45, 7) is 6.73. The highest BCUT2D eigenvalue weighted by Gasteiger charge is 2.11. The lowest BCUT2D eigenvalue weighted by atomic mass is 9.96. The van der Waals surface area contributed by atoms with Crippen LogP contribution in [0.2, 0.25) is 0 Å². The van der Waals surface area contributed by atoms with Gasteiger partial charge in [-0.25, -0.2) is 4.79 Å². The van der Waals surface area contributed by atoms with E-state index in [0.717, 1.165) is 18.5 Å². The number of unbranched alkanes of at least 4 members (excludes halogenated alkanes) is 1. The second-order valence-corrected chi connectivity index (χ2v) is 6.15. The maximum absolute atomic E-state index is 12.1. The van der Waals surface area contributed by atoms with Crippen LogP contribution in [0.25, 0.3) is 0 Å². The number of carbonyl (C=O) groups is 1. The van der Waals surface area contributed by atoms with Crippen molar-refractivity contribution in [3.8, 4) is 0 Å². The summed E-state index contributed by atoms with van der Waals surface area (Å²) >= 11 is 0. The molecule has 0 amide bonds. The quantitative estimate of drug-likeness (QED) is 0.385. The molecule has 0 bridgehead atoms. The van der Waals surface area contributed by atoms with Crippen LogP contribution in [0.5, 0.6) is 0 Å². The molecular weight excluding hydrogens is 298 g/mol. The summed E-state index contributed by atoms with van der Waals surface area (Å²) in [5.41, 5.74) is 3.97. The van der Waals surface area contributed by atoms with Crippen molar-refractivity contribution < 1.29 is 9.53 Å². The molecule has 24 heavy (non-hydrogen) atoms. The van der Waals surface area contributed by atoms with Crippen LogP contribution in [0.15, 0.2) is 53.5 Å². The molecule has 0 radical (unpaired) electrons. The van der Waals surface area contributed by atoms with Gasteiger partial charge in [-0.1, -0.05) is 38.1 Å². The lowest BCUT2D eigenvalue weighted by molar-refractivity contribution is 0.0502. The fraction of sp³-hybridized carbons (Fsp3) is 0.333. The summed E-state index contributed by atoms with van der Waals surface area (Å²) in [4.78, 5) is 16.5. The zero-order chi connectivity index (χ0) is 17.4. The average molecular weight is 323 g/mol. The van der Waals surface area contributed by atoms with Crippen LogP contribution in [0.3, 0.4) is 0 Å². The minimum atomic E-state index is -0.253. The molecule has 3 nitrogen and oxygen atoms in total. The number of ether oxygens (including phenoxy) is 1. The molecule has 0 heterocycles. The van der Waals surface area contributed by atoms with Crippen molar-refractivity contribution in [2.45, 2.75) is 39.5 Å². The largest absolute Gasteiger partial charge is 0.462 e. The van der Waals surface area contributed by atoms with Gasteiger partial charge in [0.1, 0.15) is 0 Å². The number of hydrogen-bond donors (Lipinski definition) is 0. The highest BCUT2D eigenvalue weighted by atomic mass is 16.5. The molecule has 2 aromatic rings. The SMILES string of the molecule is Cc1ccc(C(=O)OCCCC=Nc2ccccc2)cc1C(C)C. The molecule has 0 aliphatic heterocycles. The summed E-state index contributed by atoms with van der Waals surface area (Å²) in [5.74, 6) is 0.142. The molecule has 0 N–H and O–H groups in total. The predicted molar refractivity (Wildman–Crippen MR) is 99.4 cm³/mol. The lowest BCUT2D eigenvalue weighted by Gasteiger charge is -2.11. The lowest BCUT2D eigenvalue weighted by Crippen LogP contribution is -2.08. The molecule has 0 aliphatic rings. The minimum Gasteiger partial charge on any atom is -0.462 e. The van der Waals surface area contributed by atoms with Crippen LogP contribution in [0.4, 0.5) is 5.69 Å². The Hall–Kier alpha value is -2.42. The van der Waals surface area contributed by atoms with Gasteiger partial charge < -0.3 is 4.74 Å². The van der Waals surface area contributed by atoms with Crippen molar-refractivity contribution in [3.05, 3.63) is 65.2 Å². The molecule has 0 saturated carbocycles. The van der Waals surface area contributed by atoms with Gasteiger partial charge in [0.15, 0.2) is 0 Å². The third-order valence-electron chi connectivity index (χ3n) is 3.84. The van der Waals surface area contributed by atoms with Crippen LogP contribution in [-0.2, 0) is 4.74 Å². The molecule has 0 unspecified atom stereocenters. The van der Waals surface area contributed by atoms with Crippen LogP contribution in [-0.4, -0.2) is 18.8 Å². The number of esters is 1. The first-order valence-electron chi connectivity index (χ1n) is 8.43. The van der Waals surface area contributed by atoms with Crippen molar-refractivity contribution in [1.29, 1.82) is 0 Å². The van der Waals surface area contributed by atoms with E-state index in [1.807, 2.05) is 54.7 Å². The van der Waals surface area contributed by atoms with Crippen LogP contribution in [0.1, 0.15) is 54.1 Å². The van der Waals surface area contributed by atoms with E-state index in [1.54, 1.807) is 0 Å². The average Bonchev–Trinajstić information content (AvgIpc) is 2.58. The van der Waals surface area contributed by atoms with E-state index in [9.17, 15) is 4.79 Å². The predicted octanol–water partition coefficient (Wildman–Crippen LogP) is 5.46. The van der Waals surface area contributed by atoms with Crippen molar-refractivity contribution >= 4 is 17.9 Å². The first kappa shape index (κ1) is 17.9. The molecule has 0 spiro atoms. The molecule has 0 saturated heterocycles. The Bertz CT molecular complexity index is 690. The van der Waals surface area contributed by atoms with Gasteiger partial charge in [0.05, 0.1) is 17.9 Å². The fourth-order valence-electron chi connectivity index (χ4n) is 2.50. The molecule has 126 valence electrons. The second-order valence-electron chi connectivity index (χ2n) is 6.15. The van der Waals surface area contributed by atoms with Crippen molar-refractivity contribution in [1.82, 2.24) is 0 Å². The number of para-hydroxylation sites is 1. The Morgan fingerprint density at radius 3 is 2.62 bits per heavy atom. The Labute approximate surface area is 144 Å². The maximum Gasteiger partial charge on any atom is 0.338 e. The van der Waals surface area contributed by atoms with Gasteiger partial charge in [-0.15, -0.1) is 0 Å². The minimum absolute atomic E-state index is 0.253. The van der Waals surface area contributed by atoms with Gasteiger partial charge >= 0.3 is 5.97 Å². The van der Waals surface area contributed by atoms with E-state index in [1.165, 1.54) is 11.1 Å². The summed E-state index contributed by atoms with van der Waals surface area (Å²) < 4.78 is 5.35. The number of nitrogens with zero attached hydrogens (tertiary/aromatic N) is 1. The first-order chi connectivity index (χ1) is 11.6. The molecular formula is C21H25NO2. The van der Waals surface area contributed by atoms with Gasteiger partial charge in [0.25, 0.3) is 0 Å². The van der Waals surface area contributed by atoms with E-state index in [-0.39, 0.29) is 5.97 Å². The van der Waals surface area contributed by atoms with E-state index in [2.05, 4.69) is 25.8 Å². The Morgan fingerprint density at radius 2 is 1.92 bits per heavy atom. The van der Waals surface area contributed by atoms with E-state index >= 15 is 0 Å². The van der Waals surface area contributed by atoms with Gasteiger partial charge in [-0.3, -0.25) is 4.99 Å². The maximum atomic E-state index is 12.1. The third kappa shape index (κ3) is 5.34. The van der Waals surface area contributed by atoms with Gasteiger partial charge in [0.2, 0.25) is 0 Å². The summed E-state index contributed by atoms with van der Waals surface area (Å²) in [5, 5.41) is 0. The number of rotatable bonds is 7. The van der Waals surface area contributed by atoms with Gasteiger partial charge in [-0.2, -0.15) is 0 Å². The number of carbonyl (C=O) groups excluding carboxylic acids is 1. The first-order valence-corrected chi connectivity index (χ1v) is 8.43. The topological polar surface area (TPSA) is 38.7 Å². The fourth-order valence-corrected chi connectivity index (χ4v) is 2.50. The smallest absolute Gasteiger partial charge is 0.338 e. The number of aryl methyl sites for hydroxylation is 1. The molecule has 2 aromatic carbocycles. The Balaban J connectivity index is 1.77. The molecule has 3 heteroatoms. The Morgan fingerprint density at radius 1 is 1.17 bits per heavy atom. The van der Waals surface area contributed by atoms with Gasteiger partial charge in [-0.05, 0) is 61.1 Å². The Kier molecular flexibility index (Phi) is 6.74. The monoisotopic (exact) mass is 323 g/mol. The van der Waals surface area contributed by atoms with Crippen LogP contribution >= 0.6 is 0 Å². The highest BCUT2D eigenvalue weighted by molar-refractivity contribution is 5.89. The molecule has 0 atom stereocenters. The number of aliphatic imine (C=N–C) groups is 1. The highest BCUT2D eigenvalue weighted by Crippen LogP contribution is 2.20. The van der Waals surface area contributed by atoms with Gasteiger partial charge in [0, 0.05) is 6.21 Å². The van der Waals surface area contributed by atoms with E-state index in [0.29, 0.717) is 18.1 Å². The standard InChI is InChI=1S/C21H25NO2/c1-16(2)20-15-18(12-11-17(20)3)21(23)24-14-8-7-13-22-19-9-5-4-6-10-19/h4-6,9-13,15-16H,7-8,14H2,1-3H3. The van der Waals surface area contributed by atoms with Crippen LogP contribution in [0, 0.1) is 6.92 Å². The van der Waals surface area contributed by atoms with Crippen molar-refractivity contribution in [3.63, 3.8) is 0 Å². The third-order valence-corrected chi connectivity index (χ3v) is 3.84. The molecule has 0 aliphatic carbocycles. The molecule has 0 fully saturated rings. The normalized spacial score (nSPS) is 11.2. The summed E-state index contributed by atoms with van der Waals surface area (Å²) in [6, 6.07) is 15.6. The summed E-state index contributed by atoms with van der Waals surface area (Å²) in [7, 11) is 0. The number of hydrogen-bond acceptors (Lipinski definition) is 3. The second kappa shape index (κ2) is 9.02. The molecule has 2 rings (SSSR count). The van der Waals surface area contributed by atoms with Crippen LogP contribution < -0.4 is 0 Å². The summed E-state index contributed by atoms with van der Waals surface area (Å²) in [6.07, 6.45) is 3.42. The molecule has 0 aromatic heterocycles. The number of benzene rings is 2. The van der Waals surface area contributed by atoms with Crippen molar-refractivity contribution in [2.75, 3.05) is 6.61 Å². The van der Waals surface area contributed by atoms with Crippen molar-refractivity contribution in [2.24, 2.45) is 4.99 Å².